The Morgan fingerprint density at radius 2 is 2.10 bits per heavy atom. The van der Waals surface area contributed by atoms with Crippen LogP contribution in [0.5, 0.6) is 5.88 Å². The SMILES string of the molecule is CC#Cc1cc(COc2nc(-c3cc(C)c4c(c3)CN(C)CC4)cnc2N)ccn1. The summed E-state index contributed by atoms with van der Waals surface area (Å²) < 4.78 is 5.90. The first kappa shape index (κ1) is 19.9. The molecule has 1 aromatic carbocycles. The molecule has 0 fully saturated rings. The molecule has 2 N–H and O–H groups in total. The third kappa shape index (κ3) is 4.27. The first-order valence-electron chi connectivity index (χ1n) is 9.98. The highest BCUT2D eigenvalue weighted by atomic mass is 16.5. The summed E-state index contributed by atoms with van der Waals surface area (Å²) in [4.78, 5) is 15.5. The third-order valence-electron chi connectivity index (χ3n) is 5.26. The predicted octanol–water partition coefficient (Wildman–Crippen LogP) is 3.37. The molecule has 0 saturated heterocycles. The monoisotopic (exact) mass is 399 g/mol. The van der Waals surface area contributed by atoms with E-state index in [-0.39, 0.29) is 5.82 Å². The lowest BCUT2D eigenvalue weighted by Crippen LogP contribution is -2.27. The topological polar surface area (TPSA) is 77.2 Å². The third-order valence-corrected chi connectivity index (χ3v) is 5.26. The van der Waals surface area contributed by atoms with Crippen molar-refractivity contribution in [3.05, 3.63) is 64.6 Å². The second-order valence-electron chi connectivity index (χ2n) is 7.58. The van der Waals surface area contributed by atoms with Gasteiger partial charge in [-0.15, -0.1) is 0 Å². The zero-order valence-electron chi connectivity index (χ0n) is 17.6. The van der Waals surface area contributed by atoms with Gasteiger partial charge in [0, 0.05) is 24.8 Å². The minimum absolute atomic E-state index is 0.274. The van der Waals surface area contributed by atoms with Crippen molar-refractivity contribution in [2.45, 2.75) is 33.4 Å². The van der Waals surface area contributed by atoms with E-state index in [0.29, 0.717) is 18.2 Å². The van der Waals surface area contributed by atoms with Crippen molar-refractivity contribution in [2.75, 3.05) is 19.3 Å². The lowest BCUT2D eigenvalue weighted by atomic mass is 9.92. The molecular weight excluding hydrogens is 374 g/mol. The number of ether oxygens (including phenoxy) is 1. The second kappa shape index (κ2) is 8.52. The lowest BCUT2D eigenvalue weighted by Gasteiger charge is -2.27. The molecule has 1 aliphatic heterocycles. The predicted molar refractivity (Wildman–Crippen MR) is 118 cm³/mol. The summed E-state index contributed by atoms with van der Waals surface area (Å²) in [5.41, 5.74) is 13.6. The molecule has 0 bridgehead atoms. The number of hydrogen-bond acceptors (Lipinski definition) is 6. The van der Waals surface area contributed by atoms with Gasteiger partial charge in [-0.25, -0.2) is 15.0 Å². The Kier molecular flexibility index (Phi) is 5.64. The van der Waals surface area contributed by atoms with Crippen LogP contribution >= 0.6 is 0 Å². The van der Waals surface area contributed by atoms with Gasteiger partial charge in [0.05, 0.1) is 11.9 Å². The Bertz CT molecular complexity index is 1150. The summed E-state index contributed by atoms with van der Waals surface area (Å²) in [5.74, 6) is 6.41. The maximum absolute atomic E-state index is 6.03. The van der Waals surface area contributed by atoms with E-state index in [4.69, 9.17) is 10.5 Å². The minimum Gasteiger partial charge on any atom is -0.470 e. The molecule has 0 amide bonds. The van der Waals surface area contributed by atoms with Crippen molar-refractivity contribution < 1.29 is 4.74 Å². The van der Waals surface area contributed by atoms with E-state index in [0.717, 1.165) is 36.3 Å². The molecule has 0 aliphatic carbocycles. The highest BCUT2D eigenvalue weighted by Gasteiger charge is 2.17. The first-order chi connectivity index (χ1) is 14.5. The van der Waals surface area contributed by atoms with E-state index >= 15 is 0 Å². The fourth-order valence-electron chi connectivity index (χ4n) is 3.75. The molecular formula is C24H25N5O. The van der Waals surface area contributed by atoms with E-state index in [1.165, 1.54) is 16.7 Å². The first-order valence-corrected chi connectivity index (χ1v) is 9.98. The number of rotatable bonds is 4. The largest absolute Gasteiger partial charge is 0.470 e. The number of aryl methyl sites for hydroxylation is 1. The fraction of sp³-hybridized carbons (Fsp3) is 0.292. The van der Waals surface area contributed by atoms with Crippen molar-refractivity contribution >= 4 is 5.82 Å². The molecule has 3 heterocycles. The smallest absolute Gasteiger partial charge is 0.258 e. The Hall–Kier alpha value is -3.43. The van der Waals surface area contributed by atoms with Crippen LogP contribution in [-0.2, 0) is 19.6 Å². The van der Waals surface area contributed by atoms with E-state index in [1.807, 2.05) is 12.1 Å². The van der Waals surface area contributed by atoms with Gasteiger partial charge in [0.15, 0.2) is 5.82 Å². The molecule has 0 unspecified atom stereocenters. The van der Waals surface area contributed by atoms with Crippen LogP contribution in [0.1, 0.15) is 34.9 Å². The summed E-state index contributed by atoms with van der Waals surface area (Å²) in [6, 6.07) is 8.16. The van der Waals surface area contributed by atoms with Gasteiger partial charge < -0.3 is 15.4 Å². The molecule has 30 heavy (non-hydrogen) atoms. The summed E-state index contributed by atoms with van der Waals surface area (Å²) in [5, 5.41) is 0. The Balaban J connectivity index is 1.59. The number of hydrogen-bond donors (Lipinski definition) is 1. The Morgan fingerprint density at radius 1 is 1.23 bits per heavy atom. The van der Waals surface area contributed by atoms with Crippen LogP contribution in [0.4, 0.5) is 5.82 Å². The molecule has 4 rings (SSSR count). The van der Waals surface area contributed by atoms with Gasteiger partial charge in [0.2, 0.25) is 0 Å². The molecule has 6 nitrogen and oxygen atoms in total. The molecule has 0 atom stereocenters. The number of likely N-dealkylation sites (N-methyl/N-ethyl adjacent to an activating group) is 1. The number of nitrogens with two attached hydrogens (primary N) is 1. The van der Waals surface area contributed by atoms with Crippen LogP contribution in [0.15, 0.2) is 36.7 Å². The van der Waals surface area contributed by atoms with Gasteiger partial charge in [-0.05, 0) is 79.8 Å². The van der Waals surface area contributed by atoms with E-state index in [2.05, 4.69) is 57.8 Å². The van der Waals surface area contributed by atoms with Crippen molar-refractivity contribution in [1.82, 2.24) is 19.9 Å². The zero-order chi connectivity index (χ0) is 21.1. The standard InChI is InChI=1S/C24H25N5O/c1-4-5-20-11-17(6-8-26-20)15-30-24-23(25)27-13-22(28-24)18-10-16(2)21-7-9-29(3)14-19(21)12-18/h6,8,10-13H,7,9,14-15H2,1-3H3,(H2,25,27). The normalized spacial score (nSPS) is 13.3. The fourth-order valence-corrected chi connectivity index (χ4v) is 3.75. The highest BCUT2D eigenvalue weighted by Crippen LogP contribution is 2.29. The van der Waals surface area contributed by atoms with Gasteiger partial charge in [0.25, 0.3) is 5.88 Å². The van der Waals surface area contributed by atoms with Gasteiger partial charge >= 0.3 is 0 Å². The van der Waals surface area contributed by atoms with E-state index < -0.39 is 0 Å². The van der Waals surface area contributed by atoms with Gasteiger partial charge in [-0.1, -0.05) is 5.92 Å². The van der Waals surface area contributed by atoms with Crippen molar-refractivity contribution in [2.24, 2.45) is 0 Å². The quantitative estimate of drug-likeness (QED) is 0.678. The summed E-state index contributed by atoms with van der Waals surface area (Å²) in [7, 11) is 2.15. The van der Waals surface area contributed by atoms with Crippen LogP contribution in [0.25, 0.3) is 11.3 Å². The maximum Gasteiger partial charge on any atom is 0.258 e. The van der Waals surface area contributed by atoms with Gasteiger partial charge in [-0.2, -0.15) is 0 Å². The number of nitrogens with zero attached hydrogens (tertiary/aromatic N) is 4. The zero-order valence-corrected chi connectivity index (χ0v) is 17.6. The lowest BCUT2D eigenvalue weighted by molar-refractivity contribution is 0.295. The highest BCUT2D eigenvalue weighted by molar-refractivity contribution is 5.64. The van der Waals surface area contributed by atoms with Crippen LogP contribution < -0.4 is 10.5 Å². The second-order valence-corrected chi connectivity index (χ2v) is 7.58. The Morgan fingerprint density at radius 3 is 2.93 bits per heavy atom. The summed E-state index contributed by atoms with van der Waals surface area (Å²) in [6.45, 7) is 6.30. The molecule has 3 aromatic rings. The molecule has 152 valence electrons. The minimum atomic E-state index is 0.274. The van der Waals surface area contributed by atoms with E-state index in [9.17, 15) is 0 Å². The number of pyridine rings is 1. The van der Waals surface area contributed by atoms with Crippen molar-refractivity contribution in [3.8, 4) is 29.0 Å². The van der Waals surface area contributed by atoms with E-state index in [1.54, 1.807) is 19.3 Å². The number of benzene rings is 1. The van der Waals surface area contributed by atoms with Gasteiger partial charge in [-0.3, -0.25) is 0 Å². The molecule has 0 saturated carbocycles. The Labute approximate surface area is 177 Å². The molecule has 0 spiro atoms. The van der Waals surface area contributed by atoms with Crippen molar-refractivity contribution in [3.63, 3.8) is 0 Å². The summed E-state index contributed by atoms with van der Waals surface area (Å²) >= 11 is 0. The average Bonchev–Trinajstić information content (AvgIpc) is 2.73. The molecule has 2 aromatic heterocycles. The number of fused-ring (bicyclic) bond motifs is 1. The van der Waals surface area contributed by atoms with Crippen LogP contribution in [0.3, 0.4) is 0 Å². The molecule has 1 aliphatic rings. The number of anilines is 1. The van der Waals surface area contributed by atoms with Crippen LogP contribution in [-0.4, -0.2) is 33.4 Å². The average molecular weight is 399 g/mol. The number of aromatic nitrogens is 3. The number of nitrogen functional groups attached to an aromatic ring is 1. The summed E-state index contributed by atoms with van der Waals surface area (Å²) in [6.07, 6.45) is 4.50. The molecule has 6 heteroatoms. The molecule has 0 radical (unpaired) electrons. The van der Waals surface area contributed by atoms with Gasteiger partial charge in [0.1, 0.15) is 12.3 Å². The van der Waals surface area contributed by atoms with Crippen LogP contribution in [0, 0.1) is 18.8 Å². The van der Waals surface area contributed by atoms with Crippen molar-refractivity contribution in [1.29, 1.82) is 0 Å². The van der Waals surface area contributed by atoms with Crippen LogP contribution in [0.2, 0.25) is 0 Å². The maximum atomic E-state index is 6.03.